The smallest absolute Gasteiger partial charge is 0.122 e. The fourth-order valence-electron chi connectivity index (χ4n) is 0.283. The first-order chi connectivity index (χ1) is 3.68. The van der Waals surface area contributed by atoms with Gasteiger partial charge in [0.05, 0.1) is 0 Å². The van der Waals surface area contributed by atoms with Crippen LogP contribution in [0.1, 0.15) is 0 Å². The lowest BCUT2D eigenvalue weighted by Crippen LogP contribution is -2.50. The van der Waals surface area contributed by atoms with Gasteiger partial charge in [0.15, 0.2) is 0 Å². The van der Waals surface area contributed by atoms with Crippen molar-refractivity contribution in [1.29, 1.82) is 0 Å². The summed E-state index contributed by atoms with van der Waals surface area (Å²) in [6.45, 7) is 0. The molecule has 0 aliphatic heterocycles. The summed E-state index contributed by atoms with van der Waals surface area (Å²) in [6.07, 6.45) is 0. The van der Waals surface area contributed by atoms with Gasteiger partial charge in [-0.25, -0.2) is 0 Å². The SMILES string of the molecule is CNC(S)(CS)NC. The molecule has 0 aromatic carbocycles. The summed E-state index contributed by atoms with van der Waals surface area (Å²) in [5, 5.41) is 5.91. The monoisotopic (exact) mass is 152 g/mol. The number of nitrogens with one attached hydrogen (secondary N) is 2. The standard InChI is InChI=1S/C4H12N2S2/c1-5-4(8,3-7)6-2/h5-8H,3H2,1-2H3. The molecule has 0 unspecified atom stereocenters. The lowest BCUT2D eigenvalue weighted by Gasteiger charge is -2.24. The lowest BCUT2D eigenvalue weighted by atomic mass is 10.5. The molecule has 0 fully saturated rings. The summed E-state index contributed by atoms with van der Waals surface area (Å²) in [5.74, 6) is 0.656. The Labute approximate surface area is 61.2 Å². The molecule has 0 aromatic rings. The molecular formula is C4H12N2S2. The second-order valence-electron chi connectivity index (χ2n) is 1.52. The van der Waals surface area contributed by atoms with Gasteiger partial charge in [0.25, 0.3) is 0 Å². The van der Waals surface area contributed by atoms with E-state index in [-0.39, 0.29) is 4.99 Å². The molecule has 0 radical (unpaired) electrons. The van der Waals surface area contributed by atoms with E-state index in [4.69, 9.17) is 0 Å². The van der Waals surface area contributed by atoms with E-state index >= 15 is 0 Å². The Balaban J connectivity index is 3.58. The molecule has 0 atom stereocenters. The van der Waals surface area contributed by atoms with Gasteiger partial charge in [-0.2, -0.15) is 12.6 Å². The fraction of sp³-hybridized carbons (Fsp3) is 1.00. The largest absolute Gasteiger partial charge is 0.293 e. The fourth-order valence-corrected chi connectivity index (χ4v) is 0.599. The van der Waals surface area contributed by atoms with E-state index in [1.54, 1.807) is 0 Å². The van der Waals surface area contributed by atoms with Crippen molar-refractivity contribution < 1.29 is 0 Å². The number of rotatable bonds is 3. The normalized spacial score (nSPS) is 12.0. The molecule has 2 nitrogen and oxygen atoms in total. The minimum atomic E-state index is -0.316. The molecule has 0 aliphatic carbocycles. The van der Waals surface area contributed by atoms with Gasteiger partial charge in [-0.3, -0.25) is 10.6 Å². The molecule has 0 aliphatic rings. The van der Waals surface area contributed by atoms with Crippen molar-refractivity contribution in [2.45, 2.75) is 4.99 Å². The highest BCUT2D eigenvalue weighted by molar-refractivity contribution is 7.85. The van der Waals surface area contributed by atoms with Gasteiger partial charge in [-0.15, -0.1) is 12.6 Å². The maximum Gasteiger partial charge on any atom is 0.122 e. The van der Waals surface area contributed by atoms with Gasteiger partial charge in [-0.05, 0) is 14.1 Å². The molecule has 4 heteroatoms. The van der Waals surface area contributed by atoms with Crippen LogP contribution < -0.4 is 10.6 Å². The molecule has 0 amide bonds. The van der Waals surface area contributed by atoms with Crippen LogP contribution in [0.2, 0.25) is 0 Å². The van der Waals surface area contributed by atoms with Gasteiger partial charge in [0.2, 0.25) is 0 Å². The Morgan fingerprint density at radius 2 is 1.75 bits per heavy atom. The van der Waals surface area contributed by atoms with Crippen LogP contribution in [0.3, 0.4) is 0 Å². The van der Waals surface area contributed by atoms with Crippen LogP contribution in [-0.4, -0.2) is 24.8 Å². The average Bonchev–Trinajstić information content (AvgIpc) is 1.87. The van der Waals surface area contributed by atoms with Crippen molar-refractivity contribution in [3.05, 3.63) is 0 Å². The highest BCUT2D eigenvalue weighted by Crippen LogP contribution is 2.04. The Morgan fingerprint density at radius 1 is 1.38 bits per heavy atom. The number of hydrogen-bond acceptors (Lipinski definition) is 4. The van der Waals surface area contributed by atoms with Crippen LogP contribution in [0.15, 0.2) is 0 Å². The van der Waals surface area contributed by atoms with E-state index in [1.165, 1.54) is 0 Å². The zero-order valence-corrected chi connectivity index (χ0v) is 6.89. The molecule has 0 saturated heterocycles. The predicted molar refractivity (Wildman–Crippen MR) is 43.7 cm³/mol. The first kappa shape index (κ1) is 8.62. The van der Waals surface area contributed by atoms with Gasteiger partial charge in [0.1, 0.15) is 4.99 Å². The zero-order valence-electron chi connectivity index (χ0n) is 5.10. The van der Waals surface area contributed by atoms with Gasteiger partial charge in [0, 0.05) is 5.75 Å². The molecule has 0 aromatic heterocycles. The maximum absolute atomic E-state index is 4.22. The molecule has 0 saturated carbocycles. The van der Waals surface area contributed by atoms with E-state index in [2.05, 4.69) is 35.9 Å². The molecule has 50 valence electrons. The van der Waals surface area contributed by atoms with Crippen LogP contribution in [-0.2, 0) is 0 Å². The van der Waals surface area contributed by atoms with Crippen LogP contribution in [0.25, 0.3) is 0 Å². The summed E-state index contributed by atoms with van der Waals surface area (Å²) in [7, 11) is 3.67. The summed E-state index contributed by atoms with van der Waals surface area (Å²) in [6, 6.07) is 0. The van der Waals surface area contributed by atoms with Crippen molar-refractivity contribution in [3.8, 4) is 0 Å². The molecule has 8 heavy (non-hydrogen) atoms. The third kappa shape index (κ3) is 2.26. The van der Waals surface area contributed by atoms with E-state index in [0.717, 1.165) is 0 Å². The average molecular weight is 152 g/mol. The van der Waals surface area contributed by atoms with Crippen LogP contribution in [0.4, 0.5) is 0 Å². The predicted octanol–water partition coefficient (Wildman–Crippen LogP) is -0.0614. The first-order valence-corrected chi connectivity index (χ1v) is 3.47. The molecule has 2 N–H and O–H groups in total. The molecular weight excluding hydrogens is 140 g/mol. The third-order valence-corrected chi connectivity index (χ3v) is 2.39. The van der Waals surface area contributed by atoms with E-state index in [1.807, 2.05) is 14.1 Å². The van der Waals surface area contributed by atoms with Crippen molar-refractivity contribution in [2.75, 3.05) is 19.8 Å². The van der Waals surface area contributed by atoms with Crippen LogP contribution in [0, 0.1) is 0 Å². The summed E-state index contributed by atoms with van der Waals surface area (Å²) >= 11 is 8.28. The van der Waals surface area contributed by atoms with E-state index in [9.17, 15) is 0 Å². The minimum Gasteiger partial charge on any atom is -0.293 e. The van der Waals surface area contributed by atoms with E-state index in [0.29, 0.717) is 5.75 Å². The van der Waals surface area contributed by atoms with Gasteiger partial charge >= 0.3 is 0 Å². The maximum atomic E-state index is 4.22. The van der Waals surface area contributed by atoms with Gasteiger partial charge < -0.3 is 0 Å². The zero-order chi connectivity index (χ0) is 6.62. The summed E-state index contributed by atoms with van der Waals surface area (Å²) in [5.41, 5.74) is 0. The van der Waals surface area contributed by atoms with Gasteiger partial charge in [-0.1, -0.05) is 0 Å². The highest BCUT2D eigenvalue weighted by atomic mass is 32.1. The quantitative estimate of drug-likeness (QED) is 0.336. The number of thiol groups is 2. The van der Waals surface area contributed by atoms with E-state index < -0.39 is 0 Å². The second-order valence-corrected chi connectivity index (χ2v) is 2.60. The topological polar surface area (TPSA) is 24.1 Å². The van der Waals surface area contributed by atoms with Crippen LogP contribution >= 0.6 is 25.3 Å². The minimum absolute atomic E-state index is 0.316. The van der Waals surface area contributed by atoms with Crippen LogP contribution in [0.5, 0.6) is 0 Å². The Kier molecular flexibility index (Phi) is 3.89. The summed E-state index contributed by atoms with van der Waals surface area (Å²) in [4.78, 5) is -0.316. The lowest BCUT2D eigenvalue weighted by molar-refractivity contribution is 0.497. The van der Waals surface area contributed by atoms with Crippen molar-refractivity contribution in [1.82, 2.24) is 10.6 Å². The second kappa shape index (κ2) is 3.61. The summed E-state index contributed by atoms with van der Waals surface area (Å²) < 4.78 is 0. The first-order valence-electron chi connectivity index (χ1n) is 2.39. The van der Waals surface area contributed by atoms with Crippen molar-refractivity contribution in [2.24, 2.45) is 0 Å². The van der Waals surface area contributed by atoms with Crippen molar-refractivity contribution >= 4 is 25.3 Å². The highest BCUT2D eigenvalue weighted by Gasteiger charge is 2.16. The molecule has 0 spiro atoms. The molecule has 0 heterocycles. The molecule has 0 rings (SSSR count). The number of hydrogen-bond donors (Lipinski definition) is 4. The Bertz CT molecular complexity index is 54.8. The Morgan fingerprint density at radius 3 is 1.75 bits per heavy atom. The third-order valence-electron chi connectivity index (χ3n) is 1.06. The Hall–Kier alpha value is 0.620. The molecule has 0 bridgehead atoms. The van der Waals surface area contributed by atoms with Crippen molar-refractivity contribution in [3.63, 3.8) is 0 Å².